The first-order valence-electron chi connectivity index (χ1n) is 15.4. The summed E-state index contributed by atoms with van der Waals surface area (Å²) >= 11 is 2.19. The number of hydrogen-bond acceptors (Lipinski definition) is 11. The molecule has 48 heavy (non-hydrogen) atoms. The first-order valence-corrected chi connectivity index (χ1v) is 17.2. The molecular formula is C32H31F2N7O5S2. The molecule has 0 spiro atoms. The van der Waals surface area contributed by atoms with Crippen LogP contribution in [-0.2, 0) is 22.7 Å². The van der Waals surface area contributed by atoms with Crippen LogP contribution in [0.25, 0.3) is 32.2 Å². The summed E-state index contributed by atoms with van der Waals surface area (Å²) in [6.45, 7) is 7.77. The Morgan fingerprint density at radius 2 is 1.90 bits per heavy atom. The van der Waals surface area contributed by atoms with E-state index in [2.05, 4.69) is 26.3 Å². The van der Waals surface area contributed by atoms with E-state index >= 15 is 8.78 Å². The molecule has 16 heteroatoms. The molecule has 3 aliphatic heterocycles. The number of carbonyl (C=O) groups is 2. The molecule has 2 fully saturated rings. The van der Waals surface area contributed by atoms with Crippen molar-refractivity contribution in [3.63, 3.8) is 0 Å². The molecule has 2 unspecified atom stereocenters. The average molecular weight is 696 g/mol. The summed E-state index contributed by atoms with van der Waals surface area (Å²) in [7, 11) is 0. The molecule has 2 atom stereocenters. The van der Waals surface area contributed by atoms with Crippen molar-refractivity contribution >= 4 is 67.1 Å². The van der Waals surface area contributed by atoms with Crippen LogP contribution in [0.1, 0.15) is 57.2 Å². The van der Waals surface area contributed by atoms with Crippen molar-refractivity contribution in [1.29, 1.82) is 5.26 Å². The zero-order valence-electron chi connectivity index (χ0n) is 26.5. The fraction of sp³-hybridized carbons (Fsp3) is 0.438. The topological polar surface area (TPSA) is 154 Å². The average Bonchev–Trinajstić information content (AvgIpc) is 3.71. The van der Waals surface area contributed by atoms with Gasteiger partial charge in [0.2, 0.25) is 0 Å². The minimum atomic E-state index is -0.973. The predicted molar refractivity (Wildman–Crippen MR) is 176 cm³/mol. The normalized spacial score (nSPS) is 18.8. The SMILES string of the molecule is CCSc1nc(N2C3CCC2CN(C(=O)O)C3)c2c3c(c(-c4ncc(F)c5sc(NC(=O)OC(C)(C)C)c(C#N)c45)c(F)c2n1)COC3. The van der Waals surface area contributed by atoms with Gasteiger partial charge in [-0.2, -0.15) is 5.26 Å². The highest BCUT2D eigenvalue weighted by Gasteiger charge is 2.44. The van der Waals surface area contributed by atoms with Gasteiger partial charge in [0, 0.05) is 36.1 Å². The van der Waals surface area contributed by atoms with Crippen molar-refractivity contribution in [1.82, 2.24) is 19.9 Å². The van der Waals surface area contributed by atoms with Gasteiger partial charge >= 0.3 is 12.2 Å². The van der Waals surface area contributed by atoms with E-state index in [1.807, 2.05) is 6.92 Å². The number of ether oxygens (including phenoxy) is 2. The van der Waals surface area contributed by atoms with E-state index in [0.717, 1.165) is 30.4 Å². The van der Waals surface area contributed by atoms with Crippen LogP contribution in [0, 0.1) is 23.0 Å². The number of thioether (sulfide) groups is 1. The lowest BCUT2D eigenvalue weighted by Crippen LogP contribution is -2.55. The number of thiophene rings is 1. The molecule has 3 aromatic heterocycles. The number of anilines is 2. The third-order valence-electron chi connectivity index (χ3n) is 8.66. The number of aromatic nitrogens is 3. The van der Waals surface area contributed by atoms with Crippen LogP contribution in [0.4, 0.5) is 29.2 Å². The van der Waals surface area contributed by atoms with Crippen molar-refractivity contribution in [3.05, 3.63) is 34.5 Å². The number of halogens is 2. The van der Waals surface area contributed by atoms with Gasteiger partial charge in [0.05, 0.1) is 40.8 Å². The molecule has 0 radical (unpaired) electrons. The second kappa shape index (κ2) is 12.0. The zero-order valence-corrected chi connectivity index (χ0v) is 28.2. The lowest BCUT2D eigenvalue weighted by Gasteiger charge is -2.41. The number of hydrogen-bond donors (Lipinski definition) is 2. The van der Waals surface area contributed by atoms with Gasteiger partial charge in [-0.15, -0.1) is 11.3 Å². The summed E-state index contributed by atoms with van der Waals surface area (Å²) in [5.41, 5.74) is 0.341. The molecule has 3 aliphatic rings. The molecule has 0 saturated carbocycles. The van der Waals surface area contributed by atoms with Crippen molar-refractivity contribution in [2.45, 2.75) is 76.6 Å². The number of pyridine rings is 1. The van der Waals surface area contributed by atoms with Crippen molar-refractivity contribution in [2.24, 2.45) is 0 Å². The Hall–Kier alpha value is -4.33. The van der Waals surface area contributed by atoms with Crippen LogP contribution in [0.5, 0.6) is 0 Å². The standard InChI is InChI=1S/C32H31F2N7O5S2/c1-5-47-29-37-25-22(27(38-29)41-14-6-7-15(41)11-40(10-14)31(43)44)18-13-45-12-17(18)20(23(25)34)24-21-16(8-35)28(39-30(42)46-32(2,3)4)48-26(21)19(33)9-36-24/h9,14-15H,5-7,10-13H2,1-4H3,(H,39,42)(H,43,44). The van der Waals surface area contributed by atoms with Gasteiger partial charge in [0.25, 0.3) is 0 Å². The van der Waals surface area contributed by atoms with Crippen LogP contribution < -0.4 is 10.2 Å². The lowest BCUT2D eigenvalue weighted by atomic mass is 9.93. The maximum Gasteiger partial charge on any atom is 0.412 e. The van der Waals surface area contributed by atoms with E-state index in [0.29, 0.717) is 46.3 Å². The van der Waals surface area contributed by atoms with E-state index in [9.17, 15) is 20.0 Å². The van der Waals surface area contributed by atoms with E-state index in [1.54, 1.807) is 20.8 Å². The van der Waals surface area contributed by atoms with Gasteiger partial charge in [-0.1, -0.05) is 18.7 Å². The molecule has 1 aromatic carbocycles. The fourth-order valence-electron chi connectivity index (χ4n) is 6.87. The van der Waals surface area contributed by atoms with Crippen LogP contribution in [0.2, 0.25) is 0 Å². The molecule has 4 aromatic rings. The molecule has 2 saturated heterocycles. The summed E-state index contributed by atoms with van der Waals surface area (Å²) in [5, 5.41) is 23.5. The highest BCUT2D eigenvalue weighted by atomic mass is 32.2. The maximum absolute atomic E-state index is 17.3. The van der Waals surface area contributed by atoms with Gasteiger partial charge in [0.1, 0.15) is 28.0 Å². The first kappa shape index (κ1) is 32.2. The number of benzene rings is 1. The summed E-state index contributed by atoms with van der Waals surface area (Å²) in [5.74, 6) is -0.287. The van der Waals surface area contributed by atoms with Gasteiger partial charge in [0.15, 0.2) is 16.8 Å². The van der Waals surface area contributed by atoms with E-state index in [4.69, 9.17) is 14.5 Å². The van der Waals surface area contributed by atoms with E-state index < -0.39 is 29.4 Å². The van der Waals surface area contributed by atoms with Crippen molar-refractivity contribution in [3.8, 4) is 17.3 Å². The second-order valence-corrected chi connectivity index (χ2v) is 15.1. The molecule has 0 aliphatic carbocycles. The minimum Gasteiger partial charge on any atom is -0.465 e. The molecule has 2 bridgehead atoms. The van der Waals surface area contributed by atoms with E-state index in [-0.39, 0.29) is 62.7 Å². The number of carbonyl (C=O) groups excluding carboxylic acids is 1. The molecule has 250 valence electrons. The van der Waals surface area contributed by atoms with E-state index in [1.165, 1.54) is 16.7 Å². The quantitative estimate of drug-likeness (QED) is 0.166. The summed E-state index contributed by atoms with van der Waals surface area (Å²) in [6.07, 6.45) is 0.708. The minimum absolute atomic E-state index is 0.0215. The monoisotopic (exact) mass is 695 g/mol. The highest BCUT2D eigenvalue weighted by molar-refractivity contribution is 7.99. The number of piperazine rings is 1. The maximum atomic E-state index is 17.3. The zero-order chi connectivity index (χ0) is 34.1. The molecular weight excluding hydrogens is 665 g/mol. The number of amides is 2. The highest BCUT2D eigenvalue weighted by Crippen LogP contribution is 2.48. The summed E-state index contributed by atoms with van der Waals surface area (Å²) in [4.78, 5) is 41.9. The number of likely N-dealkylation sites (tertiary alicyclic amines) is 1. The Balaban J connectivity index is 1.45. The predicted octanol–water partition coefficient (Wildman–Crippen LogP) is 6.88. The van der Waals surface area contributed by atoms with Gasteiger partial charge in [-0.25, -0.2) is 28.3 Å². The molecule has 7 rings (SSSR count). The second-order valence-electron chi connectivity index (χ2n) is 12.8. The van der Waals surface area contributed by atoms with Crippen molar-refractivity contribution in [2.75, 3.05) is 29.1 Å². The molecule has 2 amide bonds. The number of nitriles is 1. The fourth-order valence-corrected chi connectivity index (χ4v) is 8.48. The number of carboxylic acid groups (broad SMARTS) is 1. The number of fused-ring (bicyclic) bond motifs is 6. The lowest BCUT2D eigenvalue weighted by molar-refractivity contribution is 0.0636. The summed E-state index contributed by atoms with van der Waals surface area (Å²) in [6, 6.07) is 1.77. The molecule has 2 N–H and O–H groups in total. The van der Waals surface area contributed by atoms with Crippen LogP contribution in [-0.4, -0.2) is 73.7 Å². The third kappa shape index (κ3) is 5.33. The number of rotatable bonds is 5. The van der Waals surface area contributed by atoms with Crippen LogP contribution in [0.3, 0.4) is 0 Å². The van der Waals surface area contributed by atoms with Crippen molar-refractivity contribution < 1.29 is 33.0 Å². The van der Waals surface area contributed by atoms with Gasteiger partial charge in [-0.3, -0.25) is 10.3 Å². The summed E-state index contributed by atoms with van der Waals surface area (Å²) < 4.78 is 43.8. The third-order valence-corrected chi connectivity index (χ3v) is 10.5. The number of nitrogens with zero attached hydrogens (tertiary/aromatic N) is 6. The number of nitrogens with one attached hydrogen (secondary N) is 1. The molecule has 6 heterocycles. The molecule has 12 nitrogen and oxygen atoms in total. The smallest absolute Gasteiger partial charge is 0.412 e. The Kier molecular flexibility index (Phi) is 8.04. The van der Waals surface area contributed by atoms with Gasteiger partial charge < -0.3 is 24.4 Å². The van der Waals surface area contributed by atoms with Crippen LogP contribution in [0.15, 0.2) is 11.4 Å². The Morgan fingerprint density at radius 3 is 2.54 bits per heavy atom. The Labute approximate surface area is 282 Å². The Morgan fingerprint density at radius 1 is 1.19 bits per heavy atom. The Bertz CT molecular complexity index is 2050. The van der Waals surface area contributed by atoms with Gasteiger partial charge in [-0.05, 0) is 50.5 Å². The largest absolute Gasteiger partial charge is 0.465 e. The first-order chi connectivity index (χ1) is 22.9. The van der Waals surface area contributed by atoms with Crippen LogP contribution >= 0.6 is 23.1 Å².